The Labute approximate surface area is 236 Å². The second-order valence-corrected chi connectivity index (χ2v) is 10.7. The van der Waals surface area contributed by atoms with Crippen LogP contribution in [0.5, 0.6) is 5.75 Å². The molecule has 0 radical (unpaired) electrons. The first-order chi connectivity index (χ1) is 17.1. The number of aryl methyl sites for hydroxylation is 2. The summed E-state index contributed by atoms with van der Waals surface area (Å²) in [4.78, 5) is 17.2. The van der Waals surface area contributed by atoms with Gasteiger partial charge in [0.25, 0.3) is 0 Å². The Morgan fingerprint density at radius 3 is 2.38 bits per heavy atom. The molecule has 0 spiro atoms. The Balaban J connectivity index is 0.00000320. The van der Waals surface area contributed by atoms with Crippen molar-refractivity contribution >= 4 is 37.7 Å². The van der Waals surface area contributed by atoms with E-state index in [1.807, 2.05) is 44.2 Å². The van der Waals surface area contributed by atoms with Gasteiger partial charge in [-0.2, -0.15) is 0 Å². The van der Waals surface area contributed by atoms with E-state index in [0.29, 0.717) is 33.7 Å². The number of benzene rings is 3. The topological polar surface area (TPSA) is 110 Å². The Morgan fingerprint density at radius 1 is 1.03 bits per heavy atom. The summed E-state index contributed by atoms with van der Waals surface area (Å²) < 4.78 is 35.4. The molecule has 0 bridgehead atoms. The zero-order valence-electron chi connectivity index (χ0n) is 20.9. The number of carboxylic acids is 1. The maximum Gasteiger partial charge on any atom is 1.00 e. The van der Waals surface area contributed by atoms with Gasteiger partial charge in [0.15, 0.2) is 15.6 Å². The van der Waals surface area contributed by atoms with Crippen molar-refractivity contribution in [2.24, 2.45) is 0 Å². The third kappa shape index (κ3) is 5.15. The molecule has 5 rings (SSSR count). The third-order valence-electron chi connectivity index (χ3n) is 6.17. The summed E-state index contributed by atoms with van der Waals surface area (Å²) in [6.45, 7) is 3.86. The van der Waals surface area contributed by atoms with E-state index >= 15 is 0 Å². The predicted molar refractivity (Wildman–Crippen MR) is 135 cm³/mol. The summed E-state index contributed by atoms with van der Waals surface area (Å²) in [5.41, 5.74) is 3.87. The minimum atomic E-state index is -3.30. The number of carbonyl (C=O) groups excluding carboxylic acids is 1. The fraction of sp³-hybridized carbons (Fsp3) is 0.143. The van der Waals surface area contributed by atoms with Crippen molar-refractivity contribution in [3.8, 4) is 17.2 Å². The van der Waals surface area contributed by atoms with E-state index in [1.54, 1.807) is 18.2 Å². The number of hydrogen-bond donors (Lipinski definition) is 0. The van der Waals surface area contributed by atoms with Crippen LogP contribution in [0.3, 0.4) is 0 Å². The Kier molecular flexibility index (Phi) is 7.48. The van der Waals surface area contributed by atoms with E-state index in [0.717, 1.165) is 28.3 Å². The molecule has 0 aliphatic carbocycles. The molecule has 3 aromatic carbocycles. The fourth-order valence-corrected chi connectivity index (χ4v) is 4.88. The van der Waals surface area contributed by atoms with Gasteiger partial charge in [-0.05, 0) is 55.3 Å². The summed E-state index contributed by atoms with van der Waals surface area (Å²) in [5, 5.41) is 13.5. The van der Waals surface area contributed by atoms with Crippen molar-refractivity contribution in [1.29, 1.82) is 0 Å². The van der Waals surface area contributed by atoms with Gasteiger partial charge in [-0.15, -0.1) is 0 Å². The molecule has 9 heteroatoms. The van der Waals surface area contributed by atoms with E-state index < -0.39 is 15.8 Å². The van der Waals surface area contributed by atoms with Crippen LogP contribution in [0.25, 0.3) is 33.3 Å². The first-order valence-electron chi connectivity index (χ1n) is 11.2. The Bertz CT molecular complexity index is 1760. The molecule has 0 unspecified atom stereocenters. The number of pyridine rings is 1. The van der Waals surface area contributed by atoms with Gasteiger partial charge >= 0.3 is 29.6 Å². The largest absolute Gasteiger partial charge is 1.00 e. The van der Waals surface area contributed by atoms with E-state index in [1.165, 1.54) is 18.2 Å². The van der Waals surface area contributed by atoms with Crippen LogP contribution >= 0.6 is 0 Å². The third-order valence-corrected chi connectivity index (χ3v) is 7.29. The number of ether oxygens (including phenoxy) is 1. The number of hydrogen-bond acceptors (Lipinski definition) is 7. The van der Waals surface area contributed by atoms with Crippen LogP contribution in [-0.4, -0.2) is 25.6 Å². The SMILES string of the molecule is Cc1c(-c2cc(C(=O)[O-])c3c(OCc4ccc(S(C)(=O)=O)cc4)ccc(C)c3n2)oc2ccccc12.[Na+]. The van der Waals surface area contributed by atoms with Crippen LogP contribution in [0.15, 0.2) is 76.0 Å². The number of aromatic carboxylic acids is 1. The number of carboxylic acid groups (broad SMARTS) is 1. The van der Waals surface area contributed by atoms with Gasteiger partial charge < -0.3 is 19.1 Å². The molecule has 0 atom stereocenters. The van der Waals surface area contributed by atoms with Crippen LogP contribution in [-0.2, 0) is 16.4 Å². The molecule has 0 amide bonds. The molecule has 2 aromatic heterocycles. The van der Waals surface area contributed by atoms with Gasteiger partial charge in [-0.3, -0.25) is 0 Å². The number of fused-ring (bicyclic) bond motifs is 2. The normalized spacial score (nSPS) is 11.4. The molecule has 0 N–H and O–H groups in total. The molecule has 5 aromatic rings. The maximum atomic E-state index is 12.2. The molecule has 2 heterocycles. The van der Waals surface area contributed by atoms with Crippen molar-refractivity contribution in [1.82, 2.24) is 4.98 Å². The smallest absolute Gasteiger partial charge is 0.545 e. The van der Waals surface area contributed by atoms with Crippen LogP contribution in [0.4, 0.5) is 0 Å². The van der Waals surface area contributed by atoms with Crippen molar-refractivity contribution < 1.29 is 57.0 Å². The molecular formula is C28H22NNaO6S. The summed E-state index contributed by atoms with van der Waals surface area (Å²) in [6.07, 6.45) is 1.15. The first-order valence-corrected chi connectivity index (χ1v) is 13.1. The van der Waals surface area contributed by atoms with Gasteiger partial charge in [0.2, 0.25) is 0 Å². The number of furan rings is 1. The molecule has 0 fully saturated rings. The Hall–Kier alpha value is -3.17. The fourth-order valence-electron chi connectivity index (χ4n) is 4.25. The molecule has 0 aliphatic heterocycles. The minimum Gasteiger partial charge on any atom is -0.545 e. The van der Waals surface area contributed by atoms with Gasteiger partial charge in [0.1, 0.15) is 23.6 Å². The Morgan fingerprint density at radius 2 is 1.73 bits per heavy atom. The average Bonchev–Trinajstić information content (AvgIpc) is 3.19. The average molecular weight is 524 g/mol. The van der Waals surface area contributed by atoms with Crippen molar-refractivity contribution in [2.75, 3.05) is 6.26 Å². The molecule has 37 heavy (non-hydrogen) atoms. The standard InChI is InChI=1S/C28H23NO6S.Na/c1-16-8-13-24(34-15-18-9-11-19(12-10-18)36(3,32)33)25-21(28(30)31)14-22(29-26(16)25)27-17(2)20-6-4-5-7-23(20)35-27;/h4-14H,15H2,1-3H3,(H,30,31);/q;+1/p-1. The first kappa shape index (κ1) is 26.9. The van der Waals surface area contributed by atoms with Crippen molar-refractivity contribution in [2.45, 2.75) is 25.3 Å². The minimum absolute atomic E-state index is 0. The second kappa shape index (κ2) is 10.3. The van der Waals surface area contributed by atoms with Crippen LogP contribution in [0.2, 0.25) is 0 Å². The van der Waals surface area contributed by atoms with Crippen LogP contribution in [0, 0.1) is 13.8 Å². The summed E-state index contributed by atoms with van der Waals surface area (Å²) in [6, 6.07) is 18.9. The number of para-hydroxylation sites is 1. The number of carbonyl (C=O) groups is 1. The second-order valence-electron chi connectivity index (χ2n) is 8.70. The number of sulfone groups is 1. The quantitative estimate of drug-likeness (QED) is 0.311. The van der Waals surface area contributed by atoms with Crippen molar-refractivity contribution in [3.05, 3.63) is 89.0 Å². The van der Waals surface area contributed by atoms with Gasteiger partial charge in [-0.25, -0.2) is 13.4 Å². The van der Waals surface area contributed by atoms with Crippen molar-refractivity contribution in [3.63, 3.8) is 0 Å². The van der Waals surface area contributed by atoms with Gasteiger partial charge in [0.05, 0.1) is 21.8 Å². The maximum absolute atomic E-state index is 12.2. The zero-order chi connectivity index (χ0) is 25.6. The molecule has 0 saturated heterocycles. The van der Waals surface area contributed by atoms with Crippen LogP contribution < -0.4 is 39.4 Å². The van der Waals surface area contributed by atoms with Gasteiger partial charge in [-0.1, -0.05) is 36.4 Å². The zero-order valence-corrected chi connectivity index (χ0v) is 23.7. The molecule has 182 valence electrons. The molecule has 0 saturated carbocycles. The van der Waals surface area contributed by atoms with E-state index in [9.17, 15) is 18.3 Å². The molecule has 0 aliphatic rings. The van der Waals surface area contributed by atoms with Crippen LogP contribution in [0.1, 0.15) is 27.0 Å². The molecular weight excluding hydrogens is 501 g/mol. The number of rotatable bonds is 6. The summed E-state index contributed by atoms with van der Waals surface area (Å²) in [5.74, 6) is -0.523. The predicted octanol–water partition coefficient (Wildman–Crippen LogP) is 1.61. The number of aromatic nitrogens is 1. The van der Waals surface area contributed by atoms with E-state index in [2.05, 4.69) is 0 Å². The van der Waals surface area contributed by atoms with E-state index in [-0.39, 0.29) is 46.6 Å². The summed E-state index contributed by atoms with van der Waals surface area (Å²) >= 11 is 0. The summed E-state index contributed by atoms with van der Waals surface area (Å²) in [7, 11) is -3.30. The van der Waals surface area contributed by atoms with Gasteiger partial charge in [0, 0.05) is 22.8 Å². The van der Waals surface area contributed by atoms with E-state index in [4.69, 9.17) is 14.1 Å². The number of nitrogens with zero attached hydrogens (tertiary/aromatic N) is 1. The molecule has 7 nitrogen and oxygen atoms in total. The monoisotopic (exact) mass is 523 g/mol.